The lowest BCUT2D eigenvalue weighted by molar-refractivity contribution is -0.131. The number of ketones is 1. The van der Waals surface area contributed by atoms with E-state index in [-0.39, 0.29) is 16.6 Å². The number of carboxylic acid groups (broad SMARTS) is 1. The third-order valence-electron chi connectivity index (χ3n) is 8.77. The molecule has 0 aromatic carbocycles. The molecule has 1 unspecified atom stereocenters. The third kappa shape index (κ3) is 2.85. The largest absolute Gasteiger partial charge is 0.478 e. The SMILES string of the molecule is CC(/C=C/C(=O)O)[C@H]1CC[C@H]2[C@@H]3C=CC4=CC(=O)CC[C@]4(C)[C@H]3CC[C@]12C. The maximum atomic E-state index is 11.9. The first kappa shape index (κ1) is 18.7. The summed E-state index contributed by atoms with van der Waals surface area (Å²) >= 11 is 0. The van der Waals surface area contributed by atoms with Gasteiger partial charge in [0.05, 0.1) is 0 Å². The minimum atomic E-state index is -0.848. The number of aliphatic carboxylic acids is 1. The molecule has 4 aliphatic carbocycles. The van der Waals surface area contributed by atoms with Gasteiger partial charge in [0, 0.05) is 12.5 Å². The summed E-state index contributed by atoms with van der Waals surface area (Å²) in [5.41, 5.74) is 1.70. The molecule has 0 saturated heterocycles. The molecule has 0 spiro atoms. The normalized spacial score (nSPS) is 44.4. The Labute approximate surface area is 162 Å². The molecule has 27 heavy (non-hydrogen) atoms. The van der Waals surface area contributed by atoms with E-state index in [0.717, 1.165) is 6.42 Å². The van der Waals surface area contributed by atoms with Gasteiger partial charge in [-0.25, -0.2) is 4.79 Å². The zero-order valence-corrected chi connectivity index (χ0v) is 16.8. The fourth-order valence-electron chi connectivity index (χ4n) is 7.27. The van der Waals surface area contributed by atoms with E-state index in [1.54, 1.807) is 0 Å². The zero-order valence-electron chi connectivity index (χ0n) is 16.8. The number of fused-ring (bicyclic) bond motifs is 5. The molecular weight excluding hydrogens is 336 g/mol. The molecule has 0 heterocycles. The highest BCUT2D eigenvalue weighted by molar-refractivity contribution is 5.92. The lowest BCUT2D eigenvalue weighted by atomic mass is 9.48. The molecule has 3 heteroatoms. The number of hydrogen-bond donors (Lipinski definition) is 1. The van der Waals surface area contributed by atoms with Crippen LogP contribution in [0.5, 0.6) is 0 Å². The highest BCUT2D eigenvalue weighted by Crippen LogP contribution is 2.66. The van der Waals surface area contributed by atoms with Crippen molar-refractivity contribution in [2.45, 2.75) is 59.3 Å². The summed E-state index contributed by atoms with van der Waals surface area (Å²) in [6.07, 6.45) is 16.4. The van der Waals surface area contributed by atoms with Crippen molar-refractivity contribution in [3.8, 4) is 0 Å². The highest BCUT2D eigenvalue weighted by atomic mass is 16.4. The van der Waals surface area contributed by atoms with Crippen LogP contribution < -0.4 is 0 Å². The molecule has 2 fully saturated rings. The Morgan fingerprint density at radius 1 is 1.22 bits per heavy atom. The van der Waals surface area contributed by atoms with Crippen LogP contribution in [0.15, 0.2) is 36.0 Å². The monoisotopic (exact) mass is 368 g/mol. The van der Waals surface area contributed by atoms with Crippen molar-refractivity contribution in [1.82, 2.24) is 0 Å². The van der Waals surface area contributed by atoms with Gasteiger partial charge < -0.3 is 5.11 Å². The molecule has 2 saturated carbocycles. The van der Waals surface area contributed by atoms with E-state index in [2.05, 4.69) is 32.9 Å². The van der Waals surface area contributed by atoms with E-state index in [4.69, 9.17) is 5.11 Å². The van der Waals surface area contributed by atoms with Gasteiger partial charge in [-0.05, 0) is 84.2 Å². The average Bonchev–Trinajstić information content (AvgIpc) is 2.97. The smallest absolute Gasteiger partial charge is 0.327 e. The van der Waals surface area contributed by atoms with Crippen molar-refractivity contribution in [1.29, 1.82) is 0 Å². The van der Waals surface area contributed by atoms with E-state index < -0.39 is 5.97 Å². The summed E-state index contributed by atoms with van der Waals surface area (Å²) < 4.78 is 0. The fraction of sp³-hybridized carbons (Fsp3) is 0.667. The predicted molar refractivity (Wildman–Crippen MR) is 106 cm³/mol. The second kappa shape index (κ2) is 6.46. The van der Waals surface area contributed by atoms with Crippen LogP contribution in [0.4, 0.5) is 0 Å². The van der Waals surface area contributed by atoms with E-state index in [1.807, 2.05) is 12.2 Å². The zero-order chi connectivity index (χ0) is 19.4. The molecule has 0 amide bonds. The van der Waals surface area contributed by atoms with Gasteiger partial charge in [-0.1, -0.05) is 39.0 Å². The quantitative estimate of drug-likeness (QED) is 0.698. The van der Waals surface area contributed by atoms with Crippen molar-refractivity contribution in [2.24, 2.45) is 40.4 Å². The van der Waals surface area contributed by atoms with Crippen molar-refractivity contribution < 1.29 is 14.7 Å². The number of allylic oxidation sites excluding steroid dienone is 5. The van der Waals surface area contributed by atoms with Crippen LogP contribution in [0.3, 0.4) is 0 Å². The summed E-state index contributed by atoms with van der Waals surface area (Å²) in [7, 11) is 0. The van der Waals surface area contributed by atoms with Crippen LogP contribution in [-0.4, -0.2) is 16.9 Å². The Hall–Kier alpha value is -1.64. The van der Waals surface area contributed by atoms with Crippen molar-refractivity contribution in [2.75, 3.05) is 0 Å². The van der Waals surface area contributed by atoms with Crippen molar-refractivity contribution in [3.05, 3.63) is 36.0 Å². The first-order valence-electron chi connectivity index (χ1n) is 10.6. The number of carbonyl (C=O) groups excluding carboxylic acids is 1. The molecule has 0 radical (unpaired) electrons. The summed E-state index contributed by atoms with van der Waals surface area (Å²) in [4.78, 5) is 22.9. The first-order chi connectivity index (χ1) is 12.8. The fourth-order valence-corrected chi connectivity index (χ4v) is 7.27. The minimum Gasteiger partial charge on any atom is -0.478 e. The van der Waals surface area contributed by atoms with Gasteiger partial charge in [-0.2, -0.15) is 0 Å². The molecule has 146 valence electrons. The number of carbonyl (C=O) groups is 2. The Balaban J connectivity index is 1.62. The number of rotatable bonds is 3. The maximum absolute atomic E-state index is 11.9. The Kier molecular flexibility index (Phi) is 4.48. The molecule has 0 bridgehead atoms. The highest BCUT2D eigenvalue weighted by Gasteiger charge is 2.58. The molecule has 0 aromatic heterocycles. The van der Waals surface area contributed by atoms with Gasteiger partial charge in [0.2, 0.25) is 0 Å². The van der Waals surface area contributed by atoms with Crippen molar-refractivity contribution >= 4 is 11.8 Å². The topological polar surface area (TPSA) is 54.4 Å². The average molecular weight is 369 g/mol. The molecular formula is C24H32O3. The van der Waals surface area contributed by atoms with Gasteiger partial charge in [0.1, 0.15) is 0 Å². The summed E-state index contributed by atoms with van der Waals surface area (Å²) in [6.45, 7) is 7.04. The summed E-state index contributed by atoms with van der Waals surface area (Å²) in [6, 6.07) is 0. The molecule has 4 aliphatic rings. The minimum absolute atomic E-state index is 0.154. The van der Waals surface area contributed by atoms with Crippen molar-refractivity contribution in [3.63, 3.8) is 0 Å². The lowest BCUT2D eigenvalue weighted by Gasteiger charge is -2.56. The number of carboxylic acids is 1. The van der Waals surface area contributed by atoms with Crippen LogP contribution in [-0.2, 0) is 9.59 Å². The standard InChI is InChI=1S/C24H32O3/c1-15(4-9-22(26)27)19-7-8-20-18-6-5-16-14-17(25)10-12-23(16,2)21(18)11-13-24(19,20)3/h4-6,9,14-15,18-21H,7-8,10-13H2,1-3H3,(H,26,27)/b9-4+/t15?,18-,19+,20-,21-,23-,24+/m0/s1. The predicted octanol–water partition coefficient (Wildman–Crippen LogP) is 5.19. The summed E-state index contributed by atoms with van der Waals surface area (Å²) in [5, 5.41) is 8.99. The van der Waals surface area contributed by atoms with E-state index >= 15 is 0 Å². The lowest BCUT2D eigenvalue weighted by Crippen LogP contribution is -2.49. The Morgan fingerprint density at radius 3 is 2.74 bits per heavy atom. The van der Waals surface area contributed by atoms with Crippen LogP contribution in [0.1, 0.15) is 59.3 Å². The van der Waals surface area contributed by atoms with Crippen LogP contribution in [0, 0.1) is 40.4 Å². The van der Waals surface area contributed by atoms with E-state index in [0.29, 0.717) is 36.0 Å². The van der Waals surface area contributed by atoms with Crippen LogP contribution in [0.25, 0.3) is 0 Å². The van der Waals surface area contributed by atoms with Crippen LogP contribution >= 0.6 is 0 Å². The molecule has 4 rings (SSSR count). The van der Waals surface area contributed by atoms with Gasteiger partial charge in [-0.15, -0.1) is 0 Å². The number of hydrogen-bond acceptors (Lipinski definition) is 2. The maximum Gasteiger partial charge on any atom is 0.327 e. The van der Waals surface area contributed by atoms with Crippen LogP contribution in [0.2, 0.25) is 0 Å². The molecule has 3 nitrogen and oxygen atoms in total. The van der Waals surface area contributed by atoms with E-state index in [1.165, 1.54) is 37.3 Å². The third-order valence-corrected chi connectivity index (χ3v) is 8.77. The van der Waals surface area contributed by atoms with Gasteiger partial charge in [-0.3, -0.25) is 4.79 Å². The molecule has 7 atom stereocenters. The van der Waals surface area contributed by atoms with Gasteiger partial charge >= 0.3 is 5.97 Å². The molecule has 0 aromatic rings. The van der Waals surface area contributed by atoms with Gasteiger partial charge in [0.15, 0.2) is 5.78 Å². The first-order valence-corrected chi connectivity index (χ1v) is 10.6. The summed E-state index contributed by atoms with van der Waals surface area (Å²) in [5.74, 6) is 2.21. The second-order valence-electron chi connectivity index (χ2n) is 9.92. The Bertz CT molecular complexity index is 745. The van der Waals surface area contributed by atoms with Gasteiger partial charge in [0.25, 0.3) is 0 Å². The molecule has 0 aliphatic heterocycles. The van der Waals surface area contributed by atoms with E-state index in [9.17, 15) is 9.59 Å². The second-order valence-corrected chi connectivity index (χ2v) is 9.92. The molecule has 1 N–H and O–H groups in total. The Morgan fingerprint density at radius 2 is 2.00 bits per heavy atom.